The van der Waals surface area contributed by atoms with Crippen LogP contribution in [0, 0.1) is 0 Å². The van der Waals surface area contributed by atoms with Crippen molar-refractivity contribution in [2.75, 3.05) is 56.0 Å². The zero-order valence-electron chi connectivity index (χ0n) is 21.8. The maximum Gasteiger partial charge on any atom is 0.342 e. The predicted octanol–water partition coefficient (Wildman–Crippen LogP) is 3.02. The maximum absolute atomic E-state index is 14.9. The Morgan fingerprint density at radius 1 is 1.16 bits per heavy atom. The molecule has 2 aliphatic heterocycles. The summed E-state index contributed by atoms with van der Waals surface area (Å²) in [4.78, 5) is 38.7. The first-order chi connectivity index (χ1) is 18.2. The Labute approximate surface area is 220 Å². The van der Waals surface area contributed by atoms with E-state index < -0.39 is 18.4 Å². The van der Waals surface area contributed by atoms with Crippen LogP contribution in [0.5, 0.6) is 5.75 Å². The Bertz CT molecular complexity index is 1220. The summed E-state index contributed by atoms with van der Waals surface area (Å²) in [5, 5.41) is 6.09. The van der Waals surface area contributed by atoms with Gasteiger partial charge in [-0.25, -0.2) is 4.98 Å². The van der Waals surface area contributed by atoms with Gasteiger partial charge in [0.1, 0.15) is 11.4 Å². The van der Waals surface area contributed by atoms with E-state index in [-0.39, 0.29) is 29.6 Å². The van der Waals surface area contributed by atoms with Gasteiger partial charge in [-0.15, -0.1) is 0 Å². The second-order valence-corrected chi connectivity index (χ2v) is 10.3. The Hall–Kier alpha value is -3.54. The molecule has 2 fully saturated rings. The highest BCUT2D eigenvalue weighted by molar-refractivity contribution is 6.02. The fraction of sp³-hybridized carbons (Fsp3) is 0.538. The highest BCUT2D eigenvalue weighted by Crippen LogP contribution is 2.39. The molecule has 1 aliphatic carbocycles. The van der Waals surface area contributed by atoms with Gasteiger partial charge in [-0.05, 0) is 38.1 Å². The number of halogens is 2. The summed E-state index contributed by atoms with van der Waals surface area (Å²) in [6.45, 7) is 0.889. The molecule has 0 unspecified atom stereocenters. The van der Waals surface area contributed by atoms with Crippen LogP contribution in [0.25, 0.3) is 0 Å². The van der Waals surface area contributed by atoms with Crippen molar-refractivity contribution in [3.8, 4) is 5.75 Å². The number of anilines is 4. The van der Waals surface area contributed by atoms with Gasteiger partial charge in [0.2, 0.25) is 5.95 Å². The average molecular weight is 530 g/mol. The molecule has 0 bridgehead atoms. The van der Waals surface area contributed by atoms with Crippen molar-refractivity contribution in [1.82, 2.24) is 20.2 Å². The van der Waals surface area contributed by atoms with Gasteiger partial charge in [0.25, 0.3) is 11.8 Å². The topological polar surface area (TPSA) is 103 Å². The number of methoxy groups -OCH3 is 1. The van der Waals surface area contributed by atoms with E-state index in [9.17, 15) is 18.4 Å². The molecule has 38 heavy (non-hydrogen) atoms. The number of hydrogen-bond donors (Lipinski definition) is 2. The fourth-order valence-electron chi connectivity index (χ4n) is 5.40. The number of hydrogen-bond acceptors (Lipinski definition) is 8. The lowest BCUT2D eigenvalue weighted by Crippen LogP contribution is -2.57. The molecule has 1 aromatic carbocycles. The summed E-state index contributed by atoms with van der Waals surface area (Å²) < 4.78 is 35.3. The lowest BCUT2D eigenvalue weighted by Gasteiger charge is -2.36. The second-order valence-electron chi connectivity index (χ2n) is 10.3. The second kappa shape index (κ2) is 10.3. The number of carbonyl (C=O) groups excluding carboxylic acids is 2. The summed E-state index contributed by atoms with van der Waals surface area (Å²) in [5.74, 6) is -4.14. The molecule has 1 saturated carbocycles. The summed E-state index contributed by atoms with van der Waals surface area (Å²) in [6.07, 6.45) is 5.86. The van der Waals surface area contributed by atoms with E-state index in [1.54, 1.807) is 23.1 Å². The summed E-state index contributed by atoms with van der Waals surface area (Å²) in [5.41, 5.74) is 1.21. The molecule has 0 atom stereocenters. The van der Waals surface area contributed by atoms with Gasteiger partial charge in [0, 0.05) is 31.7 Å². The van der Waals surface area contributed by atoms with E-state index >= 15 is 0 Å². The highest BCUT2D eigenvalue weighted by Gasteiger charge is 2.48. The average Bonchev–Trinajstić information content (AvgIpc) is 2.97. The number of ether oxygens (including phenoxy) is 1. The number of benzene rings is 1. The number of likely N-dealkylation sites (N-methyl/N-ethyl adjacent to an activating group) is 1. The van der Waals surface area contributed by atoms with E-state index in [4.69, 9.17) is 4.74 Å². The number of aromatic nitrogens is 2. The third-order valence-electron chi connectivity index (χ3n) is 7.49. The van der Waals surface area contributed by atoms with Gasteiger partial charge >= 0.3 is 5.92 Å². The third-order valence-corrected chi connectivity index (χ3v) is 7.49. The number of carbonyl (C=O) groups is 2. The lowest BCUT2D eigenvalue weighted by molar-refractivity contribution is -0.140. The monoisotopic (exact) mass is 529 g/mol. The largest absolute Gasteiger partial charge is 0.495 e. The van der Waals surface area contributed by atoms with Crippen LogP contribution in [0.15, 0.2) is 24.4 Å². The third kappa shape index (κ3) is 5.09. The molecule has 0 spiro atoms. The van der Waals surface area contributed by atoms with Gasteiger partial charge in [-0.1, -0.05) is 19.3 Å². The molecule has 204 valence electrons. The zero-order chi connectivity index (χ0) is 27.0. The first kappa shape index (κ1) is 26.1. The number of nitrogens with zero attached hydrogens (tertiary/aromatic N) is 5. The van der Waals surface area contributed by atoms with Crippen molar-refractivity contribution in [3.05, 3.63) is 30.0 Å². The van der Waals surface area contributed by atoms with Crippen LogP contribution in [0.2, 0.25) is 0 Å². The van der Waals surface area contributed by atoms with E-state index in [0.29, 0.717) is 22.8 Å². The molecule has 3 aliphatic rings. The first-order valence-corrected chi connectivity index (χ1v) is 12.9. The molecule has 12 heteroatoms. The molecular formula is C26H33F2N7O3. The number of rotatable bonds is 6. The summed E-state index contributed by atoms with van der Waals surface area (Å²) in [6, 6.07) is 4.98. The van der Waals surface area contributed by atoms with Crippen LogP contribution < -0.4 is 25.2 Å². The van der Waals surface area contributed by atoms with E-state index in [2.05, 4.69) is 25.5 Å². The Balaban J connectivity index is 1.42. The van der Waals surface area contributed by atoms with Gasteiger partial charge in [-0.3, -0.25) is 9.59 Å². The van der Waals surface area contributed by atoms with Crippen LogP contribution in [0.3, 0.4) is 0 Å². The molecule has 0 radical (unpaired) electrons. The van der Waals surface area contributed by atoms with Gasteiger partial charge in [-0.2, -0.15) is 13.8 Å². The highest BCUT2D eigenvalue weighted by atomic mass is 19.3. The first-order valence-electron chi connectivity index (χ1n) is 12.9. The van der Waals surface area contributed by atoms with Crippen LogP contribution in [0.1, 0.15) is 42.5 Å². The molecule has 10 nitrogen and oxygen atoms in total. The maximum atomic E-state index is 14.9. The van der Waals surface area contributed by atoms with Crippen molar-refractivity contribution < 1.29 is 23.1 Å². The molecule has 1 aromatic heterocycles. The molecule has 2 amide bonds. The SMILES string of the molecule is COc1cc(C(=O)NC2CN(C)C2)ccc1Nc1ncc2c(n1)N(C1CCCCC1)CC(F)(F)C(=O)N2C. The minimum atomic E-state index is -3.55. The summed E-state index contributed by atoms with van der Waals surface area (Å²) >= 11 is 0. The lowest BCUT2D eigenvalue weighted by atomic mass is 9.94. The van der Waals surface area contributed by atoms with Crippen molar-refractivity contribution >= 4 is 35.0 Å². The molecule has 1 saturated heterocycles. The molecule has 2 N–H and O–H groups in total. The van der Waals surface area contributed by atoms with Crippen LogP contribution >= 0.6 is 0 Å². The molecule has 5 rings (SSSR count). The number of likely N-dealkylation sites (tertiary alicyclic amines) is 1. The van der Waals surface area contributed by atoms with Crippen molar-refractivity contribution in [3.63, 3.8) is 0 Å². The predicted molar refractivity (Wildman–Crippen MR) is 140 cm³/mol. The normalized spacial score (nSPS) is 20.4. The smallest absolute Gasteiger partial charge is 0.342 e. The van der Waals surface area contributed by atoms with E-state index in [1.165, 1.54) is 20.4 Å². The van der Waals surface area contributed by atoms with Crippen molar-refractivity contribution in [2.45, 2.75) is 50.1 Å². The molecule has 2 aromatic rings. The number of fused-ring (bicyclic) bond motifs is 1. The molecule has 3 heterocycles. The van der Waals surface area contributed by atoms with Gasteiger partial charge < -0.3 is 30.1 Å². The minimum absolute atomic E-state index is 0.119. The van der Waals surface area contributed by atoms with Crippen LogP contribution in [-0.2, 0) is 4.79 Å². The Kier molecular flexibility index (Phi) is 7.08. The van der Waals surface area contributed by atoms with Crippen molar-refractivity contribution in [1.29, 1.82) is 0 Å². The number of amides is 2. The van der Waals surface area contributed by atoms with Gasteiger partial charge in [0.05, 0.1) is 31.6 Å². The van der Waals surface area contributed by atoms with E-state index in [0.717, 1.165) is 50.1 Å². The van der Waals surface area contributed by atoms with Crippen LogP contribution in [0.4, 0.5) is 31.9 Å². The summed E-state index contributed by atoms with van der Waals surface area (Å²) in [7, 11) is 4.81. The minimum Gasteiger partial charge on any atom is -0.495 e. The number of nitrogens with one attached hydrogen (secondary N) is 2. The number of alkyl halides is 2. The Morgan fingerprint density at radius 2 is 1.89 bits per heavy atom. The van der Waals surface area contributed by atoms with E-state index in [1.807, 2.05) is 7.05 Å². The fourth-order valence-corrected chi connectivity index (χ4v) is 5.40. The molecular weight excluding hydrogens is 496 g/mol. The zero-order valence-corrected chi connectivity index (χ0v) is 21.8. The Morgan fingerprint density at radius 3 is 2.58 bits per heavy atom. The van der Waals surface area contributed by atoms with Crippen molar-refractivity contribution in [2.24, 2.45) is 0 Å². The van der Waals surface area contributed by atoms with Crippen LogP contribution in [-0.4, -0.2) is 85.5 Å². The van der Waals surface area contributed by atoms with Gasteiger partial charge in [0.15, 0.2) is 5.82 Å². The standard InChI is InChI=1S/C26H33F2N7O3/c1-33-13-17(14-33)30-23(36)16-9-10-19(21(11-16)38-3)31-25-29-12-20-22(32-25)35(18-7-5-4-6-8-18)15-26(27,28)24(37)34(20)2/h9-12,17-18H,4-8,13-15H2,1-3H3,(H,30,36)(H,29,31,32). The quantitative estimate of drug-likeness (QED) is 0.589.